The van der Waals surface area contributed by atoms with Crippen molar-refractivity contribution in [2.75, 3.05) is 6.61 Å². The van der Waals surface area contributed by atoms with E-state index in [2.05, 4.69) is 41.5 Å². The smallest absolute Gasteiger partial charge is 0.349 e. The van der Waals surface area contributed by atoms with Crippen LogP contribution in [0, 0.1) is 11.8 Å². The lowest BCUT2D eigenvalue weighted by molar-refractivity contribution is -0.201. The minimum atomic E-state index is -2.54. The fraction of sp³-hybridized carbons (Fsp3) is 0.938. The Labute approximate surface area is 132 Å². The van der Waals surface area contributed by atoms with Crippen molar-refractivity contribution in [1.29, 1.82) is 0 Å². The number of esters is 1. The van der Waals surface area contributed by atoms with E-state index < -0.39 is 8.56 Å². The van der Waals surface area contributed by atoms with Crippen LogP contribution in [0.15, 0.2) is 0 Å². The molecule has 1 saturated carbocycles. The van der Waals surface area contributed by atoms with Gasteiger partial charge in [0, 0.05) is 16.0 Å². The SMILES string of the molecule is CC(C)(C)[Si]1(C(C)(C)C)OC[C@H]2O[C@H]3[C@@H]4C(=O)O[C@@H]([C@@H]2O1)[C@@H]34. The van der Waals surface area contributed by atoms with E-state index in [1.165, 1.54) is 0 Å². The van der Waals surface area contributed by atoms with Crippen LogP contribution >= 0.6 is 0 Å². The molecule has 0 aromatic heterocycles. The number of hydrogen-bond donors (Lipinski definition) is 0. The molecule has 3 aliphatic heterocycles. The van der Waals surface area contributed by atoms with Gasteiger partial charge < -0.3 is 18.3 Å². The molecule has 1 aliphatic carbocycles. The van der Waals surface area contributed by atoms with Gasteiger partial charge in [0.1, 0.15) is 18.3 Å². The molecule has 0 unspecified atom stereocenters. The summed E-state index contributed by atoms with van der Waals surface area (Å²) in [6, 6.07) is 0. The normalized spacial score (nSPS) is 45.8. The number of fused-ring (bicyclic) bond motifs is 3. The van der Waals surface area contributed by atoms with Gasteiger partial charge in [0.2, 0.25) is 0 Å². The highest BCUT2D eigenvalue weighted by atomic mass is 28.4. The molecule has 3 heterocycles. The van der Waals surface area contributed by atoms with Gasteiger partial charge in [-0.3, -0.25) is 4.79 Å². The van der Waals surface area contributed by atoms with Crippen molar-refractivity contribution in [1.82, 2.24) is 0 Å². The van der Waals surface area contributed by atoms with Gasteiger partial charge in [-0.05, 0) is 0 Å². The van der Waals surface area contributed by atoms with Crippen molar-refractivity contribution in [2.24, 2.45) is 11.8 Å². The van der Waals surface area contributed by atoms with Crippen LogP contribution in [-0.4, -0.2) is 45.6 Å². The quantitative estimate of drug-likeness (QED) is 0.505. The van der Waals surface area contributed by atoms with Crippen molar-refractivity contribution < 1.29 is 23.1 Å². The number of hydrogen-bond acceptors (Lipinski definition) is 5. The molecule has 5 nitrogen and oxygen atoms in total. The van der Waals surface area contributed by atoms with Crippen molar-refractivity contribution in [3.05, 3.63) is 0 Å². The first kappa shape index (κ1) is 15.1. The van der Waals surface area contributed by atoms with Crippen LogP contribution in [0.1, 0.15) is 41.5 Å². The molecule has 4 fully saturated rings. The van der Waals surface area contributed by atoms with Crippen LogP contribution in [0.2, 0.25) is 10.1 Å². The van der Waals surface area contributed by atoms with Gasteiger partial charge >= 0.3 is 14.5 Å². The Hall–Kier alpha value is -0.433. The van der Waals surface area contributed by atoms with E-state index in [1.54, 1.807) is 0 Å². The highest BCUT2D eigenvalue weighted by Crippen LogP contribution is 2.61. The van der Waals surface area contributed by atoms with Crippen LogP contribution in [0.4, 0.5) is 0 Å². The lowest BCUT2D eigenvalue weighted by atomic mass is 10.0. The molecule has 0 N–H and O–H groups in total. The first-order valence-electron chi connectivity index (χ1n) is 8.24. The topological polar surface area (TPSA) is 54.0 Å². The third-order valence-corrected chi connectivity index (χ3v) is 10.8. The Morgan fingerprint density at radius 1 is 1.00 bits per heavy atom. The number of carbonyl (C=O) groups excluding carboxylic acids is 1. The molecule has 3 saturated heterocycles. The molecule has 124 valence electrons. The molecule has 0 radical (unpaired) electrons. The van der Waals surface area contributed by atoms with Gasteiger partial charge in [0.25, 0.3) is 0 Å². The summed E-state index contributed by atoms with van der Waals surface area (Å²) in [7, 11) is -2.54. The zero-order chi connectivity index (χ0) is 16.1. The molecule has 4 aliphatic rings. The lowest BCUT2D eigenvalue weighted by Crippen LogP contribution is -2.68. The van der Waals surface area contributed by atoms with Crippen molar-refractivity contribution in [3.8, 4) is 0 Å². The molecular formula is C16H26O5Si. The molecule has 22 heavy (non-hydrogen) atoms. The highest BCUT2D eigenvalue weighted by molar-refractivity contribution is 6.73. The molecule has 0 bridgehead atoms. The Bertz CT molecular complexity index is 506. The van der Waals surface area contributed by atoms with Crippen molar-refractivity contribution in [3.63, 3.8) is 0 Å². The van der Waals surface area contributed by atoms with Gasteiger partial charge in [-0.1, -0.05) is 41.5 Å². The van der Waals surface area contributed by atoms with Crippen molar-refractivity contribution >= 4 is 14.5 Å². The zero-order valence-electron chi connectivity index (χ0n) is 14.2. The predicted molar refractivity (Wildman–Crippen MR) is 81.5 cm³/mol. The van der Waals surface area contributed by atoms with Gasteiger partial charge in [-0.25, -0.2) is 0 Å². The van der Waals surface area contributed by atoms with Gasteiger partial charge in [0.15, 0.2) is 0 Å². The highest BCUT2D eigenvalue weighted by Gasteiger charge is 2.75. The maximum absolute atomic E-state index is 11.9. The van der Waals surface area contributed by atoms with Gasteiger partial charge in [-0.2, -0.15) is 0 Å². The summed E-state index contributed by atoms with van der Waals surface area (Å²) in [6.45, 7) is 13.7. The van der Waals surface area contributed by atoms with E-state index >= 15 is 0 Å². The van der Waals surface area contributed by atoms with Crippen LogP contribution in [0.5, 0.6) is 0 Å². The molecular weight excluding hydrogens is 300 g/mol. The van der Waals surface area contributed by atoms with Crippen LogP contribution in [-0.2, 0) is 23.1 Å². The van der Waals surface area contributed by atoms with Crippen molar-refractivity contribution in [2.45, 2.75) is 76.0 Å². The second-order valence-corrected chi connectivity index (χ2v) is 13.9. The number of rotatable bonds is 0. The maximum Gasteiger partial charge on any atom is 0.349 e. The van der Waals surface area contributed by atoms with E-state index in [0.717, 1.165) is 0 Å². The summed E-state index contributed by atoms with van der Waals surface area (Å²) in [5.41, 5.74) is 0. The minimum absolute atomic E-state index is 0.0399. The van der Waals surface area contributed by atoms with E-state index in [0.29, 0.717) is 6.61 Å². The minimum Gasteiger partial charge on any atom is -0.459 e. The molecule has 4 rings (SSSR count). The summed E-state index contributed by atoms with van der Waals surface area (Å²) >= 11 is 0. The average Bonchev–Trinajstić information content (AvgIpc) is 2.97. The predicted octanol–water partition coefficient (Wildman–Crippen LogP) is 2.38. The third kappa shape index (κ3) is 1.72. The largest absolute Gasteiger partial charge is 0.459 e. The maximum atomic E-state index is 11.9. The summed E-state index contributed by atoms with van der Waals surface area (Å²) in [4.78, 5) is 11.9. The molecule has 6 heteroatoms. The number of ether oxygens (including phenoxy) is 2. The Balaban J connectivity index is 1.68. The Kier molecular flexibility index (Phi) is 2.85. The summed E-state index contributed by atoms with van der Waals surface area (Å²) < 4.78 is 24.8. The molecule has 0 amide bonds. The van der Waals surface area contributed by atoms with E-state index in [1.807, 2.05) is 0 Å². The third-order valence-electron chi connectivity index (χ3n) is 5.66. The fourth-order valence-corrected chi connectivity index (χ4v) is 9.80. The Morgan fingerprint density at radius 2 is 1.64 bits per heavy atom. The molecule has 0 spiro atoms. The van der Waals surface area contributed by atoms with Gasteiger partial charge in [0.05, 0.1) is 18.6 Å². The fourth-order valence-electron chi connectivity index (χ4n) is 4.85. The van der Waals surface area contributed by atoms with Gasteiger partial charge in [-0.15, -0.1) is 0 Å². The van der Waals surface area contributed by atoms with Crippen LogP contribution in [0.3, 0.4) is 0 Å². The first-order chi connectivity index (χ1) is 10.1. The van der Waals surface area contributed by atoms with E-state index in [-0.39, 0.29) is 52.3 Å². The van der Waals surface area contributed by atoms with Crippen LogP contribution < -0.4 is 0 Å². The number of carbonyl (C=O) groups is 1. The standard InChI is InChI=1S/C16H26O5Si/c1-15(2,3)22(16(4,5)6)18-7-8-11(21-22)13-9-10(12(9)19-8)14(17)20-13/h8-13H,7H2,1-6H3/t8-,9-,10-,11-,12-,13-/m1/s1. The molecule has 0 aromatic rings. The Morgan fingerprint density at radius 3 is 2.23 bits per heavy atom. The van der Waals surface area contributed by atoms with Crippen LogP contribution in [0.25, 0.3) is 0 Å². The first-order valence-corrected chi connectivity index (χ1v) is 10.1. The van der Waals surface area contributed by atoms with E-state index in [4.69, 9.17) is 18.3 Å². The zero-order valence-corrected chi connectivity index (χ0v) is 15.2. The second kappa shape index (κ2) is 4.15. The second-order valence-electron chi connectivity index (χ2n) is 9.15. The average molecular weight is 326 g/mol. The summed E-state index contributed by atoms with van der Waals surface area (Å²) in [5, 5.41) is -0.142. The lowest BCUT2D eigenvalue weighted by Gasteiger charge is -2.56. The monoisotopic (exact) mass is 326 g/mol. The molecule has 0 aromatic carbocycles. The summed E-state index contributed by atoms with van der Waals surface area (Å²) in [6.07, 6.45) is -0.369. The molecule has 6 atom stereocenters. The van der Waals surface area contributed by atoms with E-state index in [9.17, 15) is 4.79 Å². The summed E-state index contributed by atoms with van der Waals surface area (Å²) in [5.74, 6) is 0.0466.